The number of esters is 1. The van der Waals surface area contributed by atoms with Crippen molar-refractivity contribution in [1.29, 1.82) is 0 Å². The van der Waals surface area contributed by atoms with Gasteiger partial charge in [0.25, 0.3) is 5.91 Å². The van der Waals surface area contributed by atoms with E-state index in [0.29, 0.717) is 28.2 Å². The van der Waals surface area contributed by atoms with Crippen molar-refractivity contribution >= 4 is 18.1 Å². The van der Waals surface area contributed by atoms with E-state index >= 15 is 0 Å². The lowest BCUT2D eigenvalue weighted by Gasteiger charge is -2.05. The normalized spacial score (nSPS) is 10.5. The number of nitrogens with zero attached hydrogens (tertiary/aromatic N) is 1. The molecule has 7 heteroatoms. The molecule has 0 aromatic heterocycles. The molecule has 2 N–H and O–H groups in total. The summed E-state index contributed by atoms with van der Waals surface area (Å²) in [6.45, 7) is 0. The number of phenols is 1. The minimum absolute atomic E-state index is 0.00130. The summed E-state index contributed by atoms with van der Waals surface area (Å²) < 4.78 is 10.4. The van der Waals surface area contributed by atoms with Gasteiger partial charge in [-0.3, -0.25) is 4.79 Å². The Morgan fingerprint density at radius 3 is 2.28 bits per heavy atom. The Bertz CT molecular complexity index is 1030. The van der Waals surface area contributed by atoms with Gasteiger partial charge in [0.2, 0.25) is 0 Å². The Balaban J connectivity index is 1.56. The van der Waals surface area contributed by atoms with Crippen molar-refractivity contribution in [2.24, 2.45) is 5.10 Å². The average molecular weight is 390 g/mol. The Kier molecular flexibility index (Phi) is 6.22. The summed E-state index contributed by atoms with van der Waals surface area (Å²) in [5.74, 6) is 0.115. The summed E-state index contributed by atoms with van der Waals surface area (Å²) in [7, 11) is 1.55. The molecule has 0 bridgehead atoms. The van der Waals surface area contributed by atoms with E-state index in [2.05, 4.69) is 10.5 Å². The van der Waals surface area contributed by atoms with Gasteiger partial charge in [-0.05, 0) is 72.3 Å². The summed E-state index contributed by atoms with van der Waals surface area (Å²) in [6.07, 6.45) is 1.45. The lowest BCUT2D eigenvalue weighted by atomic mass is 10.2. The molecule has 1 amide bonds. The molecule has 146 valence electrons. The summed E-state index contributed by atoms with van der Waals surface area (Å²) in [5.41, 5.74) is 3.78. The molecule has 0 atom stereocenters. The first kappa shape index (κ1) is 19.6. The fourth-order valence-electron chi connectivity index (χ4n) is 2.39. The van der Waals surface area contributed by atoms with Crippen molar-refractivity contribution in [2.75, 3.05) is 7.11 Å². The number of hydrogen-bond donors (Lipinski definition) is 2. The van der Waals surface area contributed by atoms with Crippen LogP contribution in [0.5, 0.6) is 17.2 Å². The molecule has 3 rings (SSSR count). The zero-order valence-electron chi connectivity index (χ0n) is 15.5. The van der Waals surface area contributed by atoms with Gasteiger partial charge in [-0.2, -0.15) is 5.10 Å². The van der Waals surface area contributed by atoms with E-state index in [9.17, 15) is 14.7 Å². The molecule has 0 radical (unpaired) electrons. The number of aromatic hydroxyl groups is 1. The number of hydrazone groups is 1. The molecule has 0 spiro atoms. The molecule has 7 nitrogen and oxygen atoms in total. The quantitative estimate of drug-likeness (QED) is 0.291. The highest BCUT2D eigenvalue weighted by Gasteiger charge is 2.09. The first-order chi connectivity index (χ1) is 14.0. The smallest absolute Gasteiger partial charge is 0.343 e. The maximum absolute atomic E-state index is 12.1. The molecule has 0 aliphatic carbocycles. The van der Waals surface area contributed by atoms with E-state index in [-0.39, 0.29) is 5.75 Å². The van der Waals surface area contributed by atoms with Crippen LogP contribution in [0.2, 0.25) is 0 Å². The SMILES string of the molecule is COc1ccc(C(=O)Oc2ccc(/C=N/NC(=O)c3cccc(O)c3)cc2)cc1. The molecule has 0 aliphatic heterocycles. The van der Waals surface area contributed by atoms with Gasteiger partial charge in [-0.1, -0.05) is 6.07 Å². The van der Waals surface area contributed by atoms with Gasteiger partial charge in [0.1, 0.15) is 17.2 Å². The fraction of sp³-hybridized carbons (Fsp3) is 0.0455. The molecular weight excluding hydrogens is 372 g/mol. The highest BCUT2D eigenvalue weighted by Crippen LogP contribution is 2.16. The number of rotatable bonds is 6. The third kappa shape index (κ3) is 5.43. The van der Waals surface area contributed by atoms with Crippen LogP contribution in [0.1, 0.15) is 26.3 Å². The molecule has 0 fully saturated rings. The first-order valence-electron chi connectivity index (χ1n) is 8.64. The second kappa shape index (κ2) is 9.18. The molecule has 0 saturated carbocycles. The lowest BCUT2D eigenvalue weighted by molar-refractivity contribution is 0.0734. The van der Waals surface area contributed by atoms with Crippen molar-refractivity contribution in [2.45, 2.75) is 0 Å². The summed E-state index contributed by atoms with van der Waals surface area (Å²) in [5, 5.41) is 13.3. The minimum Gasteiger partial charge on any atom is -0.508 e. The van der Waals surface area contributed by atoms with E-state index in [1.165, 1.54) is 18.3 Å². The third-order valence-corrected chi connectivity index (χ3v) is 3.90. The van der Waals surface area contributed by atoms with Gasteiger partial charge in [0.05, 0.1) is 18.9 Å². The highest BCUT2D eigenvalue weighted by molar-refractivity contribution is 5.95. The van der Waals surface area contributed by atoms with Crippen molar-refractivity contribution in [3.8, 4) is 17.2 Å². The Morgan fingerprint density at radius 2 is 1.62 bits per heavy atom. The van der Waals surface area contributed by atoms with E-state index in [4.69, 9.17) is 9.47 Å². The van der Waals surface area contributed by atoms with Crippen molar-refractivity contribution < 1.29 is 24.2 Å². The Hall–Kier alpha value is -4.13. The molecule has 0 aliphatic rings. The topological polar surface area (TPSA) is 97.2 Å². The van der Waals surface area contributed by atoms with Crippen LogP contribution in [0.4, 0.5) is 0 Å². The molecular formula is C22H18N2O5. The largest absolute Gasteiger partial charge is 0.508 e. The van der Waals surface area contributed by atoms with Crippen LogP contribution in [-0.4, -0.2) is 30.3 Å². The van der Waals surface area contributed by atoms with Crippen LogP contribution in [0.25, 0.3) is 0 Å². The maximum Gasteiger partial charge on any atom is 0.343 e. The van der Waals surface area contributed by atoms with Crippen LogP contribution < -0.4 is 14.9 Å². The number of carbonyl (C=O) groups excluding carboxylic acids is 2. The highest BCUT2D eigenvalue weighted by atomic mass is 16.5. The average Bonchev–Trinajstić information content (AvgIpc) is 2.75. The molecule has 29 heavy (non-hydrogen) atoms. The number of benzene rings is 3. The van der Waals surface area contributed by atoms with E-state index < -0.39 is 11.9 Å². The Labute approximate surface area is 167 Å². The number of ether oxygens (including phenoxy) is 2. The van der Waals surface area contributed by atoms with Crippen molar-refractivity contribution in [1.82, 2.24) is 5.43 Å². The van der Waals surface area contributed by atoms with Gasteiger partial charge in [0.15, 0.2) is 0 Å². The van der Waals surface area contributed by atoms with Gasteiger partial charge in [-0.15, -0.1) is 0 Å². The zero-order chi connectivity index (χ0) is 20.6. The van der Waals surface area contributed by atoms with Crippen molar-refractivity contribution in [3.63, 3.8) is 0 Å². The monoisotopic (exact) mass is 390 g/mol. The molecule has 3 aromatic carbocycles. The van der Waals surface area contributed by atoms with E-state index in [1.54, 1.807) is 67.8 Å². The third-order valence-electron chi connectivity index (χ3n) is 3.90. The van der Waals surface area contributed by atoms with Crippen molar-refractivity contribution in [3.05, 3.63) is 89.5 Å². The van der Waals surface area contributed by atoms with Crippen LogP contribution >= 0.6 is 0 Å². The predicted molar refractivity (Wildman–Crippen MR) is 108 cm³/mol. The van der Waals surface area contributed by atoms with Crippen LogP contribution in [0.3, 0.4) is 0 Å². The maximum atomic E-state index is 12.1. The van der Waals surface area contributed by atoms with E-state index in [1.807, 2.05) is 0 Å². The number of nitrogens with one attached hydrogen (secondary N) is 1. The number of phenolic OH excluding ortho intramolecular Hbond substituents is 1. The summed E-state index contributed by atoms with van der Waals surface area (Å²) in [6, 6.07) is 19.2. The number of methoxy groups -OCH3 is 1. The summed E-state index contributed by atoms with van der Waals surface area (Å²) in [4.78, 5) is 24.1. The van der Waals surface area contributed by atoms with Gasteiger partial charge < -0.3 is 14.6 Å². The fourth-order valence-corrected chi connectivity index (χ4v) is 2.39. The molecule has 3 aromatic rings. The molecule has 0 unspecified atom stereocenters. The minimum atomic E-state index is -0.479. The van der Waals surface area contributed by atoms with Crippen LogP contribution in [0.15, 0.2) is 77.9 Å². The lowest BCUT2D eigenvalue weighted by Crippen LogP contribution is -2.17. The first-order valence-corrected chi connectivity index (χ1v) is 8.64. The number of hydrogen-bond acceptors (Lipinski definition) is 6. The standard InChI is InChI=1S/C22H18N2O5/c1-28-19-11-7-16(8-12-19)22(27)29-20-9-5-15(6-10-20)14-23-24-21(26)17-3-2-4-18(25)13-17/h2-14,25H,1H3,(H,24,26)/b23-14+. The number of amides is 1. The second-order valence-corrected chi connectivity index (χ2v) is 5.94. The molecule has 0 saturated heterocycles. The number of carbonyl (C=O) groups is 2. The van der Waals surface area contributed by atoms with Gasteiger partial charge >= 0.3 is 5.97 Å². The second-order valence-electron chi connectivity index (χ2n) is 5.94. The van der Waals surface area contributed by atoms with Crippen LogP contribution in [-0.2, 0) is 0 Å². The van der Waals surface area contributed by atoms with Gasteiger partial charge in [0, 0.05) is 5.56 Å². The molecule has 0 heterocycles. The van der Waals surface area contributed by atoms with Gasteiger partial charge in [-0.25, -0.2) is 10.2 Å². The summed E-state index contributed by atoms with van der Waals surface area (Å²) >= 11 is 0. The Morgan fingerprint density at radius 1 is 0.931 bits per heavy atom. The zero-order valence-corrected chi connectivity index (χ0v) is 15.5. The van der Waals surface area contributed by atoms with E-state index in [0.717, 1.165) is 0 Å². The van der Waals surface area contributed by atoms with Crippen LogP contribution in [0, 0.1) is 0 Å². The predicted octanol–water partition coefficient (Wildman–Crippen LogP) is 3.38.